The van der Waals surface area contributed by atoms with Gasteiger partial charge < -0.3 is 15.2 Å². The van der Waals surface area contributed by atoms with Gasteiger partial charge in [0.25, 0.3) is 5.91 Å². The minimum Gasteiger partial charge on any atom is -0.492 e. The van der Waals surface area contributed by atoms with Gasteiger partial charge in [0.1, 0.15) is 11.8 Å². The van der Waals surface area contributed by atoms with Gasteiger partial charge in [-0.3, -0.25) is 4.79 Å². The van der Waals surface area contributed by atoms with E-state index >= 15 is 0 Å². The molecule has 1 unspecified atom stereocenters. The van der Waals surface area contributed by atoms with Gasteiger partial charge in [0.15, 0.2) is 0 Å². The van der Waals surface area contributed by atoms with E-state index in [2.05, 4.69) is 5.32 Å². The van der Waals surface area contributed by atoms with Gasteiger partial charge in [-0.1, -0.05) is 79.4 Å². The Morgan fingerprint density at radius 3 is 2.49 bits per heavy atom. The minimum atomic E-state index is -1.12. The lowest BCUT2D eigenvalue weighted by molar-refractivity contribution is -0.139. The molecule has 196 valence electrons. The number of nitrogens with one attached hydrogen (secondary N) is 1. The summed E-state index contributed by atoms with van der Waals surface area (Å²) in [6, 6.07) is 17.8. The first-order valence-electron chi connectivity index (χ1n) is 12.8. The highest BCUT2D eigenvalue weighted by atomic mass is 35.5. The van der Waals surface area contributed by atoms with Crippen molar-refractivity contribution in [3.05, 3.63) is 76.8 Å². The van der Waals surface area contributed by atoms with E-state index in [0.717, 1.165) is 29.2 Å². The quantitative estimate of drug-likeness (QED) is 0.282. The number of aliphatic carboxylic acids is 1. The lowest BCUT2D eigenvalue weighted by atomic mass is 9.90. The van der Waals surface area contributed by atoms with Gasteiger partial charge in [-0.15, -0.1) is 11.8 Å². The van der Waals surface area contributed by atoms with Crippen LogP contribution in [0.3, 0.4) is 0 Å². The molecule has 4 rings (SSSR count). The summed E-state index contributed by atoms with van der Waals surface area (Å²) in [5.74, 6) is -0.0287. The summed E-state index contributed by atoms with van der Waals surface area (Å²) in [7, 11) is 0. The van der Waals surface area contributed by atoms with Crippen molar-refractivity contribution in [3.63, 3.8) is 0 Å². The van der Waals surface area contributed by atoms with E-state index in [9.17, 15) is 14.7 Å². The number of rotatable bonds is 10. The van der Waals surface area contributed by atoms with Crippen LogP contribution < -0.4 is 10.1 Å². The van der Waals surface area contributed by atoms with Crippen LogP contribution >= 0.6 is 23.4 Å². The largest absolute Gasteiger partial charge is 0.492 e. The Balaban J connectivity index is 1.56. The molecule has 3 aromatic carbocycles. The Morgan fingerprint density at radius 1 is 1.05 bits per heavy atom. The van der Waals surface area contributed by atoms with Gasteiger partial charge in [0.05, 0.1) is 12.2 Å². The highest BCUT2D eigenvalue weighted by Gasteiger charge is 2.38. The third-order valence-corrected chi connectivity index (χ3v) is 8.89. The monoisotopic (exact) mass is 539 g/mol. The van der Waals surface area contributed by atoms with Gasteiger partial charge in [0, 0.05) is 20.9 Å². The van der Waals surface area contributed by atoms with E-state index < -0.39 is 22.7 Å². The molecular weight excluding hydrogens is 506 g/mol. The van der Waals surface area contributed by atoms with Crippen LogP contribution in [0.5, 0.6) is 5.75 Å². The average molecular weight is 540 g/mol. The summed E-state index contributed by atoms with van der Waals surface area (Å²) in [6.45, 7) is 4.21. The van der Waals surface area contributed by atoms with E-state index in [1.807, 2.05) is 68.4 Å². The zero-order valence-electron chi connectivity index (χ0n) is 21.3. The first-order chi connectivity index (χ1) is 17.8. The average Bonchev–Trinajstić information content (AvgIpc) is 2.90. The molecule has 7 heteroatoms. The van der Waals surface area contributed by atoms with Crippen LogP contribution in [0.2, 0.25) is 5.02 Å². The van der Waals surface area contributed by atoms with Crippen molar-refractivity contribution >= 4 is 46.0 Å². The smallest absolute Gasteiger partial charge is 0.327 e. The Kier molecular flexibility index (Phi) is 9.04. The van der Waals surface area contributed by atoms with Crippen LogP contribution in [0, 0.1) is 5.92 Å². The number of carbonyl (C=O) groups is 2. The molecule has 3 aromatic rings. The molecule has 1 atom stereocenters. The van der Waals surface area contributed by atoms with Crippen molar-refractivity contribution in [1.82, 2.24) is 5.32 Å². The number of amides is 1. The molecule has 0 saturated heterocycles. The normalized spacial score (nSPS) is 15.3. The Morgan fingerprint density at radius 2 is 1.76 bits per heavy atom. The maximum absolute atomic E-state index is 13.6. The lowest BCUT2D eigenvalue weighted by Crippen LogP contribution is -2.52. The fraction of sp³-hybridized carbons (Fsp3) is 0.400. The summed E-state index contributed by atoms with van der Waals surface area (Å²) >= 11 is 7.74. The van der Waals surface area contributed by atoms with Crippen LogP contribution in [-0.2, 0) is 10.5 Å². The molecule has 1 amide bonds. The van der Waals surface area contributed by atoms with Crippen molar-refractivity contribution in [2.24, 2.45) is 5.92 Å². The second-order valence-corrected chi connectivity index (χ2v) is 12.2. The first kappa shape index (κ1) is 27.3. The SMILES string of the molecule is CC(C)(SCc1ccccc1Cl)C(NC(=O)c1ccc2ccccc2c1OCC1CCCCC1)C(=O)O. The third-order valence-electron chi connectivity index (χ3n) is 7.09. The summed E-state index contributed by atoms with van der Waals surface area (Å²) in [5, 5.41) is 15.3. The van der Waals surface area contributed by atoms with E-state index in [0.29, 0.717) is 34.6 Å². The third kappa shape index (κ3) is 6.79. The minimum absolute atomic E-state index is 0.354. The summed E-state index contributed by atoms with van der Waals surface area (Å²) < 4.78 is 5.52. The molecule has 0 radical (unpaired) electrons. The molecule has 0 bridgehead atoms. The number of benzene rings is 3. The van der Waals surface area contributed by atoms with Crippen LogP contribution in [0.4, 0.5) is 0 Å². The van der Waals surface area contributed by atoms with E-state index in [1.165, 1.54) is 31.0 Å². The fourth-order valence-corrected chi connectivity index (χ4v) is 6.22. The maximum Gasteiger partial charge on any atom is 0.327 e. The molecule has 37 heavy (non-hydrogen) atoms. The zero-order chi connectivity index (χ0) is 26.4. The molecule has 1 aliphatic carbocycles. The Bertz CT molecular complexity index is 1260. The Labute approximate surface area is 227 Å². The number of carbonyl (C=O) groups excluding carboxylic acids is 1. The number of carboxylic acid groups (broad SMARTS) is 1. The molecule has 5 nitrogen and oxygen atoms in total. The highest BCUT2D eigenvalue weighted by molar-refractivity contribution is 7.99. The van der Waals surface area contributed by atoms with Crippen LogP contribution in [0.15, 0.2) is 60.7 Å². The second-order valence-electron chi connectivity index (χ2n) is 10.2. The molecule has 0 aliphatic heterocycles. The maximum atomic E-state index is 13.6. The molecule has 1 saturated carbocycles. The summed E-state index contributed by atoms with van der Waals surface area (Å²) in [6.07, 6.45) is 5.93. The van der Waals surface area contributed by atoms with Gasteiger partial charge in [-0.05, 0) is 55.7 Å². The summed E-state index contributed by atoms with van der Waals surface area (Å²) in [5.41, 5.74) is 1.28. The molecule has 2 N–H and O–H groups in total. The number of thioether (sulfide) groups is 1. The highest BCUT2D eigenvalue weighted by Crippen LogP contribution is 2.35. The van der Waals surface area contributed by atoms with Crippen molar-refractivity contribution < 1.29 is 19.4 Å². The topological polar surface area (TPSA) is 75.6 Å². The first-order valence-corrected chi connectivity index (χ1v) is 14.2. The zero-order valence-corrected chi connectivity index (χ0v) is 22.9. The molecule has 1 fully saturated rings. The van der Waals surface area contributed by atoms with E-state index in [-0.39, 0.29) is 0 Å². The van der Waals surface area contributed by atoms with Crippen LogP contribution in [-0.4, -0.2) is 34.4 Å². The van der Waals surface area contributed by atoms with Gasteiger partial charge in [0.2, 0.25) is 0 Å². The fourth-order valence-electron chi connectivity index (χ4n) is 4.84. The van der Waals surface area contributed by atoms with Crippen molar-refractivity contribution in [2.75, 3.05) is 6.61 Å². The molecule has 0 heterocycles. The number of carboxylic acids is 1. The van der Waals surface area contributed by atoms with Gasteiger partial charge >= 0.3 is 5.97 Å². The second kappa shape index (κ2) is 12.2. The predicted octanol–water partition coefficient (Wildman–Crippen LogP) is 7.35. The van der Waals surface area contributed by atoms with Crippen molar-refractivity contribution in [1.29, 1.82) is 0 Å². The number of fused-ring (bicyclic) bond motifs is 1. The summed E-state index contributed by atoms with van der Waals surface area (Å²) in [4.78, 5) is 25.9. The molecule has 1 aliphatic rings. The number of hydrogen-bond acceptors (Lipinski definition) is 4. The molecule has 0 aromatic heterocycles. The molecular formula is C30H34ClNO4S. The number of hydrogen-bond donors (Lipinski definition) is 2. The predicted molar refractivity (Wildman–Crippen MR) is 152 cm³/mol. The number of ether oxygens (including phenoxy) is 1. The Hall–Kier alpha value is -2.70. The van der Waals surface area contributed by atoms with E-state index in [4.69, 9.17) is 16.3 Å². The number of halogens is 1. The van der Waals surface area contributed by atoms with Gasteiger partial charge in [-0.25, -0.2) is 4.79 Å². The van der Waals surface area contributed by atoms with Crippen LogP contribution in [0.1, 0.15) is 61.9 Å². The lowest BCUT2D eigenvalue weighted by Gasteiger charge is -2.32. The van der Waals surface area contributed by atoms with Crippen LogP contribution in [0.25, 0.3) is 10.8 Å². The van der Waals surface area contributed by atoms with Crippen molar-refractivity contribution in [3.8, 4) is 5.75 Å². The van der Waals surface area contributed by atoms with E-state index in [1.54, 1.807) is 6.07 Å². The standard InChI is InChI=1S/C30H34ClNO4S/c1-30(2,37-19-22-13-7-9-15-25(22)31)27(29(34)35)32-28(33)24-17-16-21-12-6-8-14-23(21)26(24)36-18-20-10-4-3-5-11-20/h6-9,12-17,20,27H,3-5,10-11,18-19H2,1-2H3,(H,32,33)(H,34,35). The molecule has 0 spiro atoms. The van der Waals surface area contributed by atoms with Crippen molar-refractivity contribution in [2.45, 2.75) is 62.5 Å². The van der Waals surface area contributed by atoms with Gasteiger partial charge in [-0.2, -0.15) is 0 Å².